The van der Waals surface area contributed by atoms with E-state index in [1.165, 1.54) is 11.1 Å². The number of nitrogens with two attached hydrogens (primary N) is 1. The van der Waals surface area contributed by atoms with Crippen LogP contribution in [0.15, 0.2) is 22.7 Å². The Morgan fingerprint density at radius 2 is 2.24 bits per heavy atom. The topological polar surface area (TPSA) is 55.1 Å². The number of halogens is 1. The van der Waals surface area contributed by atoms with E-state index in [1.807, 2.05) is 13.0 Å². The third-order valence-electron chi connectivity index (χ3n) is 2.81. The van der Waals surface area contributed by atoms with Gasteiger partial charge >= 0.3 is 0 Å². The molecule has 0 saturated heterocycles. The summed E-state index contributed by atoms with van der Waals surface area (Å²) in [7, 11) is 0. The van der Waals surface area contributed by atoms with E-state index in [-0.39, 0.29) is 11.8 Å². The third kappa shape index (κ3) is 4.48. The molecular formula is C13H19BrN2O. The molecule has 1 atom stereocenters. The molecule has 1 aromatic rings. The Balaban J connectivity index is 2.46. The first kappa shape index (κ1) is 14.2. The van der Waals surface area contributed by atoms with Gasteiger partial charge in [-0.3, -0.25) is 4.79 Å². The molecule has 0 radical (unpaired) electrons. The predicted octanol–water partition coefficient (Wildman–Crippen LogP) is 2.01. The van der Waals surface area contributed by atoms with Crippen molar-refractivity contribution in [3.63, 3.8) is 0 Å². The maximum Gasteiger partial charge on any atom is 0.224 e. The highest BCUT2D eigenvalue weighted by Crippen LogP contribution is 2.16. The van der Waals surface area contributed by atoms with Crippen molar-refractivity contribution >= 4 is 21.8 Å². The molecule has 3 N–H and O–H groups in total. The lowest BCUT2D eigenvalue weighted by Crippen LogP contribution is -2.34. The second kappa shape index (κ2) is 6.77. The number of hydrogen-bond donors (Lipinski definition) is 2. The number of carbonyl (C=O) groups excluding carboxylic acids is 1. The Kier molecular flexibility index (Phi) is 5.65. The Morgan fingerprint density at radius 3 is 2.88 bits per heavy atom. The van der Waals surface area contributed by atoms with Gasteiger partial charge in [0.25, 0.3) is 0 Å². The van der Waals surface area contributed by atoms with Gasteiger partial charge in [-0.05, 0) is 36.6 Å². The average Bonchev–Trinajstić information content (AvgIpc) is 2.32. The third-order valence-corrected chi connectivity index (χ3v) is 3.30. The summed E-state index contributed by atoms with van der Waals surface area (Å²) in [6.07, 6.45) is 0.842. The maximum absolute atomic E-state index is 11.5. The fraction of sp³-hybridized carbons (Fsp3) is 0.462. The van der Waals surface area contributed by atoms with Crippen LogP contribution in [-0.2, 0) is 11.2 Å². The summed E-state index contributed by atoms with van der Waals surface area (Å²) < 4.78 is 1.07. The van der Waals surface area contributed by atoms with Gasteiger partial charge in [0.05, 0.1) is 0 Å². The van der Waals surface area contributed by atoms with Crippen LogP contribution in [0, 0.1) is 12.8 Å². The van der Waals surface area contributed by atoms with Crippen molar-refractivity contribution in [1.29, 1.82) is 0 Å². The van der Waals surface area contributed by atoms with Crippen LogP contribution < -0.4 is 11.1 Å². The van der Waals surface area contributed by atoms with Crippen LogP contribution in [0.4, 0.5) is 0 Å². The minimum absolute atomic E-state index is 0.0279. The van der Waals surface area contributed by atoms with E-state index in [0.717, 1.165) is 10.9 Å². The lowest BCUT2D eigenvalue weighted by atomic mass is 10.1. The van der Waals surface area contributed by atoms with Crippen LogP contribution in [0.2, 0.25) is 0 Å². The molecule has 1 rings (SSSR count). The molecule has 0 spiro atoms. The molecule has 0 bridgehead atoms. The van der Waals surface area contributed by atoms with E-state index in [9.17, 15) is 4.79 Å². The smallest absolute Gasteiger partial charge is 0.224 e. The van der Waals surface area contributed by atoms with Crippen LogP contribution >= 0.6 is 15.9 Å². The van der Waals surface area contributed by atoms with Crippen molar-refractivity contribution in [3.8, 4) is 0 Å². The molecule has 0 saturated carbocycles. The second-order valence-electron chi connectivity index (χ2n) is 4.25. The van der Waals surface area contributed by atoms with Gasteiger partial charge in [0.15, 0.2) is 0 Å². The van der Waals surface area contributed by atoms with Gasteiger partial charge in [-0.2, -0.15) is 0 Å². The van der Waals surface area contributed by atoms with Crippen molar-refractivity contribution < 1.29 is 4.79 Å². The van der Waals surface area contributed by atoms with Crippen molar-refractivity contribution in [2.45, 2.75) is 20.3 Å². The number of hydrogen-bond acceptors (Lipinski definition) is 2. The second-order valence-corrected chi connectivity index (χ2v) is 5.16. The zero-order chi connectivity index (χ0) is 12.8. The average molecular weight is 299 g/mol. The van der Waals surface area contributed by atoms with E-state index >= 15 is 0 Å². The molecular weight excluding hydrogens is 280 g/mol. The first-order valence-electron chi connectivity index (χ1n) is 5.77. The molecule has 0 aromatic heterocycles. The van der Waals surface area contributed by atoms with E-state index < -0.39 is 0 Å². The SMILES string of the molecule is Cc1ccc(Br)cc1CCNC(=O)C(C)CN. The van der Waals surface area contributed by atoms with Crippen LogP contribution in [0.5, 0.6) is 0 Å². The summed E-state index contributed by atoms with van der Waals surface area (Å²) in [6, 6.07) is 6.19. The summed E-state index contributed by atoms with van der Waals surface area (Å²) in [5.41, 5.74) is 7.93. The number of benzene rings is 1. The molecule has 0 aliphatic rings. The Labute approximate surface area is 111 Å². The van der Waals surface area contributed by atoms with E-state index in [1.54, 1.807) is 0 Å². The Morgan fingerprint density at radius 1 is 1.53 bits per heavy atom. The maximum atomic E-state index is 11.5. The van der Waals surface area contributed by atoms with Crippen molar-refractivity contribution in [3.05, 3.63) is 33.8 Å². The zero-order valence-electron chi connectivity index (χ0n) is 10.3. The lowest BCUT2D eigenvalue weighted by Gasteiger charge is -2.11. The Hall–Kier alpha value is -0.870. The summed E-state index contributed by atoms with van der Waals surface area (Å²) in [6.45, 7) is 4.95. The van der Waals surface area contributed by atoms with Crippen molar-refractivity contribution in [2.24, 2.45) is 11.7 Å². The minimum Gasteiger partial charge on any atom is -0.355 e. The van der Waals surface area contributed by atoms with Crippen LogP contribution in [-0.4, -0.2) is 19.0 Å². The molecule has 94 valence electrons. The summed E-state index contributed by atoms with van der Waals surface area (Å²) in [5.74, 6) is -0.0845. The van der Waals surface area contributed by atoms with Gasteiger partial charge < -0.3 is 11.1 Å². The number of rotatable bonds is 5. The van der Waals surface area contributed by atoms with Crippen molar-refractivity contribution in [2.75, 3.05) is 13.1 Å². The molecule has 1 amide bonds. The number of amides is 1. The van der Waals surface area contributed by atoms with Gasteiger partial charge in [0, 0.05) is 23.5 Å². The van der Waals surface area contributed by atoms with Gasteiger partial charge in [-0.25, -0.2) is 0 Å². The van der Waals surface area contributed by atoms with Gasteiger partial charge in [-0.1, -0.05) is 28.9 Å². The standard InChI is InChI=1S/C13H19BrN2O/c1-9-3-4-12(14)7-11(9)5-6-16-13(17)10(2)8-15/h3-4,7,10H,5-6,8,15H2,1-2H3,(H,16,17). The number of nitrogens with one attached hydrogen (secondary N) is 1. The quantitative estimate of drug-likeness (QED) is 0.874. The molecule has 17 heavy (non-hydrogen) atoms. The fourth-order valence-corrected chi connectivity index (χ4v) is 1.92. The van der Waals surface area contributed by atoms with Crippen LogP contribution in [0.3, 0.4) is 0 Å². The first-order chi connectivity index (χ1) is 8.04. The number of carbonyl (C=O) groups is 1. The van der Waals surface area contributed by atoms with Gasteiger partial charge in [-0.15, -0.1) is 0 Å². The molecule has 0 aliphatic carbocycles. The lowest BCUT2D eigenvalue weighted by molar-refractivity contribution is -0.124. The molecule has 0 aliphatic heterocycles. The molecule has 1 aromatic carbocycles. The predicted molar refractivity (Wildman–Crippen MR) is 73.8 cm³/mol. The summed E-state index contributed by atoms with van der Waals surface area (Å²) in [4.78, 5) is 11.5. The molecule has 3 nitrogen and oxygen atoms in total. The van der Waals surface area contributed by atoms with E-state index in [4.69, 9.17) is 5.73 Å². The van der Waals surface area contributed by atoms with Crippen molar-refractivity contribution in [1.82, 2.24) is 5.32 Å². The fourth-order valence-electron chi connectivity index (χ4n) is 1.51. The zero-order valence-corrected chi connectivity index (χ0v) is 11.9. The Bertz CT molecular complexity index is 393. The highest BCUT2D eigenvalue weighted by atomic mass is 79.9. The van der Waals surface area contributed by atoms with Crippen LogP contribution in [0.1, 0.15) is 18.1 Å². The summed E-state index contributed by atoms with van der Waals surface area (Å²) in [5, 5.41) is 2.89. The van der Waals surface area contributed by atoms with E-state index in [0.29, 0.717) is 13.1 Å². The molecule has 0 heterocycles. The highest BCUT2D eigenvalue weighted by Gasteiger charge is 2.09. The van der Waals surface area contributed by atoms with Gasteiger partial charge in [0.1, 0.15) is 0 Å². The molecule has 4 heteroatoms. The largest absolute Gasteiger partial charge is 0.355 e. The molecule has 1 unspecified atom stereocenters. The van der Waals surface area contributed by atoms with Gasteiger partial charge in [0.2, 0.25) is 5.91 Å². The molecule has 0 fully saturated rings. The van der Waals surface area contributed by atoms with E-state index in [2.05, 4.69) is 40.3 Å². The normalized spacial score (nSPS) is 12.2. The highest BCUT2D eigenvalue weighted by molar-refractivity contribution is 9.10. The number of aryl methyl sites for hydroxylation is 1. The monoisotopic (exact) mass is 298 g/mol. The minimum atomic E-state index is -0.112. The summed E-state index contributed by atoms with van der Waals surface area (Å²) >= 11 is 3.45. The van der Waals surface area contributed by atoms with Crippen LogP contribution in [0.25, 0.3) is 0 Å². The first-order valence-corrected chi connectivity index (χ1v) is 6.56.